The van der Waals surface area contributed by atoms with Crippen molar-refractivity contribution in [3.63, 3.8) is 0 Å². The van der Waals surface area contributed by atoms with Crippen LogP contribution in [0.15, 0.2) is 0 Å². The van der Waals surface area contributed by atoms with E-state index in [4.69, 9.17) is 5.11 Å². The van der Waals surface area contributed by atoms with Crippen LogP contribution in [0.1, 0.15) is 38.5 Å². The summed E-state index contributed by atoms with van der Waals surface area (Å²) < 4.78 is 0. The Kier molecular flexibility index (Phi) is 6.86. The van der Waals surface area contributed by atoms with Crippen molar-refractivity contribution < 1.29 is 14.8 Å². The Morgan fingerprint density at radius 2 is 1.69 bits per heavy atom. The van der Waals surface area contributed by atoms with Crippen LogP contribution >= 0.6 is 0 Å². The molecule has 0 bridgehead atoms. The highest BCUT2D eigenvalue weighted by Gasteiger charge is 1.98. The molecule has 0 fully saturated rings. The van der Waals surface area contributed by atoms with E-state index in [2.05, 4.69) is 0 Å². The average Bonchev–Trinajstić information content (AvgIpc) is 2.01. The molecule has 5 nitrogen and oxygen atoms in total. The maximum absolute atomic E-state index is 10.1. The standard InChI is InChI=1S/C8H15NO4/c10-8(11)6-4-2-1-3-5-7-9(12)13/h1-7H2,(H,10,11). The van der Waals surface area contributed by atoms with Gasteiger partial charge in [-0.1, -0.05) is 12.8 Å². The van der Waals surface area contributed by atoms with Crippen molar-refractivity contribution in [3.05, 3.63) is 10.1 Å². The van der Waals surface area contributed by atoms with Crippen molar-refractivity contribution in [1.82, 2.24) is 0 Å². The molecule has 0 amide bonds. The third-order valence-electron chi connectivity index (χ3n) is 1.73. The van der Waals surface area contributed by atoms with Crippen LogP contribution in [0.4, 0.5) is 0 Å². The number of hydrogen-bond donors (Lipinski definition) is 1. The van der Waals surface area contributed by atoms with Crippen molar-refractivity contribution in [3.8, 4) is 0 Å². The Morgan fingerprint density at radius 1 is 1.15 bits per heavy atom. The highest BCUT2D eigenvalue weighted by atomic mass is 16.6. The van der Waals surface area contributed by atoms with Crippen molar-refractivity contribution >= 4 is 5.97 Å². The molecule has 0 saturated heterocycles. The fraction of sp³-hybridized carbons (Fsp3) is 0.875. The van der Waals surface area contributed by atoms with Gasteiger partial charge >= 0.3 is 5.97 Å². The number of nitro groups is 1. The minimum absolute atomic E-state index is 0.0267. The summed E-state index contributed by atoms with van der Waals surface area (Å²) in [5.74, 6) is -0.773. The number of rotatable bonds is 8. The molecule has 0 aliphatic heterocycles. The molecule has 0 heterocycles. The van der Waals surface area contributed by atoms with Gasteiger partial charge < -0.3 is 5.11 Å². The second kappa shape index (κ2) is 7.52. The lowest BCUT2D eigenvalue weighted by atomic mass is 10.1. The molecule has 0 aliphatic carbocycles. The lowest BCUT2D eigenvalue weighted by molar-refractivity contribution is -0.480. The summed E-state index contributed by atoms with van der Waals surface area (Å²) in [7, 11) is 0. The Labute approximate surface area is 76.9 Å². The number of carbonyl (C=O) groups is 1. The van der Waals surface area contributed by atoms with Gasteiger partial charge in [-0.15, -0.1) is 0 Å². The molecule has 13 heavy (non-hydrogen) atoms. The molecule has 0 unspecified atom stereocenters. The van der Waals surface area contributed by atoms with Gasteiger partial charge in [0.2, 0.25) is 6.54 Å². The highest BCUT2D eigenvalue weighted by molar-refractivity contribution is 5.66. The number of carboxylic acids is 1. The third kappa shape index (κ3) is 10.9. The number of aliphatic carboxylic acids is 1. The van der Waals surface area contributed by atoms with Crippen LogP contribution in [0, 0.1) is 10.1 Å². The molecule has 0 saturated carbocycles. The van der Waals surface area contributed by atoms with Gasteiger partial charge in [0, 0.05) is 17.8 Å². The average molecular weight is 189 g/mol. The van der Waals surface area contributed by atoms with E-state index in [9.17, 15) is 14.9 Å². The van der Waals surface area contributed by atoms with Crippen molar-refractivity contribution in [2.45, 2.75) is 38.5 Å². The molecule has 0 atom stereocenters. The summed E-state index contributed by atoms with van der Waals surface area (Å²) in [6.07, 6.45) is 4.04. The van der Waals surface area contributed by atoms with Crippen LogP contribution in [-0.2, 0) is 4.79 Å². The van der Waals surface area contributed by atoms with E-state index in [1.165, 1.54) is 0 Å². The SMILES string of the molecule is O=C(O)CCCCCCC[N+](=O)[O-]. The van der Waals surface area contributed by atoms with E-state index < -0.39 is 5.97 Å². The topological polar surface area (TPSA) is 80.4 Å². The molecule has 76 valence electrons. The molecule has 0 spiro atoms. The van der Waals surface area contributed by atoms with Crippen LogP contribution in [0.3, 0.4) is 0 Å². The summed E-state index contributed by atoms with van der Waals surface area (Å²) in [6.45, 7) is 0.0267. The molecule has 0 radical (unpaired) electrons. The quantitative estimate of drug-likeness (QED) is 0.358. The fourth-order valence-electron chi connectivity index (χ4n) is 1.05. The first-order valence-electron chi connectivity index (χ1n) is 4.46. The van der Waals surface area contributed by atoms with Gasteiger partial charge in [0.05, 0.1) is 0 Å². The van der Waals surface area contributed by atoms with Gasteiger partial charge in [-0.2, -0.15) is 0 Å². The molecule has 0 aliphatic rings. The van der Waals surface area contributed by atoms with Gasteiger partial charge in [-0.3, -0.25) is 14.9 Å². The largest absolute Gasteiger partial charge is 0.481 e. The second-order valence-electron chi connectivity index (χ2n) is 2.97. The van der Waals surface area contributed by atoms with Crippen LogP contribution in [-0.4, -0.2) is 22.5 Å². The molecule has 5 heteroatoms. The lowest BCUT2D eigenvalue weighted by Crippen LogP contribution is -2.00. The van der Waals surface area contributed by atoms with E-state index >= 15 is 0 Å². The molecule has 0 aromatic carbocycles. The first-order chi connectivity index (χ1) is 6.13. The van der Waals surface area contributed by atoms with Gasteiger partial charge in [-0.25, -0.2) is 0 Å². The van der Waals surface area contributed by atoms with Gasteiger partial charge in [-0.05, 0) is 12.8 Å². The Hall–Kier alpha value is -1.13. The maximum Gasteiger partial charge on any atom is 0.303 e. The van der Waals surface area contributed by atoms with Crippen molar-refractivity contribution in [2.75, 3.05) is 6.54 Å². The van der Waals surface area contributed by atoms with Gasteiger partial charge in [0.25, 0.3) is 0 Å². The summed E-state index contributed by atoms with van der Waals surface area (Å²) in [6, 6.07) is 0. The molecule has 0 aromatic heterocycles. The van der Waals surface area contributed by atoms with Crippen molar-refractivity contribution in [1.29, 1.82) is 0 Å². The Bertz CT molecular complexity index is 152. The molecular formula is C8H15NO4. The smallest absolute Gasteiger partial charge is 0.303 e. The van der Waals surface area contributed by atoms with Crippen LogP contribution in [0.25, 0.3) is 0 Å². The van der Waals surface area contributed by atoms with Gasteiger partial charge in [0.15, 0.2) is 0 Å². The summed E-state index contributed by atoms with van der Waals surface area (Å²) in [4.78, 5) is 19.7. The Morgan fingerprint density at radius 3 is 2.23 bits per heavy atom. The zero-order chi connectivity index (χ0) is 10.1. The van der Waals surface area contributed by atoms with Crippen molar-refractivity contribution in [2.24, 2.45) is 0 Å². The summed E-state index contributed by atoms with van der Waals surface area (Å²) in [5, 5.41) is 18.2. The normalized spacial score (nSPS) is 9.85. The lowest BCUT2D eigenvalue weighted by Gasteiger charge is -1.96. The molecule has 0 rings (SSSR count). The van der Waals surface area contributed by atoms with Crippen LogP contribution in [0.5, 0.6) is 0 Å². The van der Waals surface area contributed by atoms with E-state index in [1.807, 2.05) is 0 Å². The summed E-state index contributed by atoms with van der Waals surface area (Å²) >= 11 is 0. The number of nitrogens with zero attached hydrogens (tertiary/aromatic N) is 1. The highest BCUT2D eigenvalue weighted by Crippen LogP contribution is 2.05. The van der Waals surface area contributed by atoms with E-state index in [-0.39, 0.29) is 17.9 Å². The zero-order valence-electron chi connectivity index (χ0n) is 7.57. The second-order valence-corrected chi connectivity index (χ2v) is 2.97. The number of carboxylic acid groups (broad SMARTS) is 1. The minimum Gasteiger partial charge on any atom is -0.481 e. The zero-order valence-corrected chi connectivity index (χ0v) is 7.57. The predicted molar refractivity (Wildman–Crippen MR) is 47.2 cm³/mol. The molecular weight excluding hydrogens is 174 g/mol. The number of unbranched alkanes of at least 4 members (excludes halogenated alkanes) is 4. The first-order valence-corrected chi connectivity index (χ1v) is 4.46. The monoisotopic (exact) mass is 189 g/mol. The maximum atomic E-state index is 10.1. The van der Waals surface area contributed by atoms with E-state index in [1.54, 1.807) is 0 Å². The number of hydrogen-bond acceptors (Lipinski definition) is 3. The van der Waals surface area contributed by atoms with Gasteiger partial charge in [0.1, 0.15) is 0 Å². The summed E-state index contributed by atoms with van der Waals surface area (Å²) in [5.41, 5.74) is 0. The van der Waals surface area contributed by atoms with Crippen LogP contribution in [0.2, 0.25) is 0 Å². The first kappa shape index (κ1) is 11.9. The predicted octanol–water partition coefficient (Wildman–Crippen LogP) is 1.69. The van der Waals surface area contributed by atoms with E-state index in [0.29, 0.717) is 12.8 Å². The Balaban J connectivity index is 3.00. The third-order valence-corrected chi connectivity index (χ3v) is 1.73. The molecule has 0 aromatic rings. The van der Waals surface area contributed by atoms with Crippen LogP contribution < -0.4 is 0 Å². The fourth-order valence-corrected chi connectivity index (χ4v) is 1.05. The molecule has 1 N–H and O–H groups in total. The minimum atomic E-state index is -0.773. The van der Waals surface area contributed by atoms with E-state index in [0.717, 1.165) is 19.3 Å².